The summed E-state index contributed by atoms with van der Waals surface area (Å²) in [6.07, 6.45) is 7.39. The number of carbonyl (C=O) groups is 1. The minimum absolute atomic E-state index is 0.0231. The SMILES string of the molecule is CC(=O)Nc1ccc(CN2CCOc3ccc(C4=CCCCC4)cc3C2)s1. The highest BCUT2D eigenvalue weighted by atomic mass is 32.1. The maximum atomic E-state index is 11.2. The maximum absolute atomic E-state index is 11.2. The van der Waals surface area contributed by atoms with Crippen LogP contribution in [0.3, 0.4) is 0 Å². The molecule has 0 fully saturated rings. The van der Waals surface area contributed by atoms with Gasteiger partial charge in [-0.15, -0.1) is 11.3 Å². The maximum Gasteiger partial charge on any atom is 0.221 e. The second kappa shape index (κ2) is 8.28. The molecule has 1 N–H and O–H groups in total. The van der Waals surface area contributed by atoms with Gasteiger partial charge in [0.05, 0.1) is 5.00 Å². The van der Waals surface area contributed by atoms with Gasteiger partial charge in [0.15, 0.2) is 0 Å². The van der Waals surface area contributed by atoms with E-state index in [9.17, 15) is 4.79 Å². The number of amides is 1. The van der Waals surface area contributed by atoms with Crippen LogP contribution in [0.4, 0.5) is 5.00 Å². The van der Waals surface area contributed by atoms with E-state index in [-0.39, 0.29) is 5.91 Å². The number of fused-ring (bicyclic) bond motifs is 1. The van der Waals surface area contributed by atoms with E-state index in [0.29, 0.717) is 6.61 Å². The molecule has 2 aromatic rings. The first-order valence-electron chi connectivity index (χ1n) is 9.71. The normalized spacial score (nSPS) is 17.4. The Hall–Kier alpha value is -2.11. The van der Waals surface area contributed by atoms with Gasteiger partial charge in [-0.3, -0.25) is 9.69 Å². The zero-order chi connectivity index (χ0) is 18.6. The van der Waals surface area contributed by atoms with E-state index in [1.807, 2.05) is 6.07 Å². The Balaban J connectivity index is 1.49. The Kier molecular flexibility index (Phi) is 5.60. The molecule has 1 aromatic heterocycles. The van der Waals surface area contributed by atoms with Crippen LogP contribution in [-0.4, -0.2) is 24.0 Å². The second-order valence-electron chi connectivity index (χ2n) is 7.30. The molecule has 142 valence electrons. The summed E-state index contributed by atoms with van der Waals surface area (Å²) < 4.78 is 6.00. The summed E-state index contributed by atoms with van der Waals surface area (Å²) in [5.41, 5.74) is 4.11. The summed E-state index contributed by atoms with van der Waals surface area (Å²) in [6, 6.07) is 10.8. The van der Waals surface area contributed by atoms with Crippen LogP contribution in [-0.2, 0) is 17.9 Å². The summed E-state index contributed by atoms with van der Waals surface area (Å²) in [7, 11) is 0. The van der Waals surface area contributed by atoms with Gasteiger partial charge in [-0.25, -0.2) is 0 Å². The first-order valence-corrected chi connectivity index (χ1v) is 10.5. The number of carbonyl (C=O) groups excluding carboxylic acids is 1. The van der Waals surface area contributed by atoms with Crippen molar-refractivity contribution in [2.75, 3.05) is 18.5 Å². The van der Waals surface area contributed by atoms with Crippen LogP contribution in [0.1, 0.15) is 48.6 Å². The fourth-order valence-electron chi connectivity index (χ4n) is 3.81. The van der Waals surface area contributed by atoms with Gasteiger partial charge >= 0.3 is 0 Å². The van der Waals surface area contributed by atoms with Gasteiger partial charge in [-0.1, -0.05) is 12.1 Å². The Morgan fingerprint density at radius 3 is 3.00 bits per heavy atom. The minimum atomic E-state index is -0.0231. The van der Waals surface area contributed by atoms with Crippen molar-refractivity contribution in [2.24, 2.45) is 0 Å². The molecule has 1 aromatic carbocycles. The van der Waals surface area contributed by atoms with E-state index in [4.69, 9.17) is 4.74 Å². The molecular formula is C22H26N2O2S. The monoisotopic (exact) mass is 382 g/mol. The smallest absolute Gasteiger partial charge is 0.221 e. The Morgan fingerprint density at radius 1 is 1.26 bits per heavy atom. The number of benzene rings is 1. The van der Waals surface area contributed by atoms with Crippen molar-refractivity contribution in [3.63, 3.8) is 0 Å². The quantitative estimate of drug-likeness (QED) is 0.804. The topological polar surface area (TPSA) is 41.6 Å². The number of rotatable bonds is 4. The number of allylic oxidation sites excluding steroid dienone is 2. The molecule has 1 amide bonds. The molecular weight excluding hydrogens is 356 g/mol. The fraction of sp³-hybridized carbons (Fsp3) is 0.409. The molecule has 2 aliphatic rings. The van der Waals surface area contributed by atoms with E-state index in [2.05, 4.69) is 40.6 Å². The van der Waals surface area contributed by atoms with Crippen LogP contribution >= 0.6 is 11.3 Å². The van der Waals surface area contributed by atoms with Crippen molar-refractivity contribution >= 4 is 27.8 Å². The number of thiophene rings is 1. The lowest BCUT2D eigenvalue weighted by atomic mass is 9.92. The molecule has 0 spiro atoms. The van der Waals surface area contributed by atoms with Crippen LogP contribution in [0.5, 0.6) is 5.75 Å². The minimum Gasteiger partial charge on any atom is -0.492 e. The molecule has 27 heavy (non-hydrogen) atoms. The van der Waals surface area contributed by atoms with E-state index in [1.165, 1.54) is 47.3 Å². The van der Waals surface area contributed by atoms with Crippen molar-refractivity contribution in [1.29, 1.82) is 0 Å². The third kappa shape index (κ3) is 4.60. The van der Waals surface area contributed by atoms with Crippen molar-refractivity contribution in [3.8, 4) is 5.75 Å². The van der Waals surface area contributed by atoms with Gasteiger partial charge in [-0.05, 0) is 61.1 Å². The number of anilines is 1. The van der Waals surface area contributed by atoms with Gasteiger partial charge in [0.2, 0.25) is 5.91 Å². The zero-order valence-corrected chi connectivity index (χ0v) is 16.6. The molecule has 4 rings (SSSR count). The molecule has 0 saturated carbocycles. The van der Waals surface area contributed by atoms with Gasteiger partial charge in [0, 0.05) is 37.0 Å². The van der Waals surface area contributed by atoms with Crippen LogP contribution in [0.25, 0.3) is 5.57 Å². The lowest BCUT2D eigenvalue weighted by molar-refractivity contribution is -0.114. The predicted octanol–water partition coefficient (Wildman–Crippen LogP) is 5.06. The molecule has 0 atom stereocenters. The molecule has 0 bridgehead atoms. The molecule has 1 aliphatic heterocycles. The van der Waals surface area contributed by atoms with E-state index >= 15 is 0 Å². The number of hydrogen-bond acceptors (Lipinski definition) is 4. The molecule has 4 nitrogen and oxygen atoms in total. The molecule has 0 unspecified atom stereocenters. The second-order valence-corrected chi connectivity index (χ2v) is 8.47. The average molecular weight is 383 g/mol. The number of nitrogens with zero attached hydrogens (tertiary/aromatic N) is 1. The van der Waals surface area contributed by atoms with Crippen LogP contribution in [0.2, 0.25) is 0 Å². The van der Waals surface area contributed by atoms with Gasteiger partial charge < -0.3 is 10.1 Å². The van der Waals surface area contributed by atoms with Crippen molar-refractivity contribution < 1.29 is 9.53 Å². The third-order valence-electron chi connectivity index (χ3n) is 5.12. The van der Waals surface area contributed by atoms with Crippen molar-refractivity contribution in [3.05, 3.63) is 52.4 Å². The van der Waals surface area contributed by atoms with Crippen molar-refractivity contribution in [2.45, 2.75) is 45.7 Å². The first-order chi connectivity index (χ1) is 13.2. The summed E-state index contributed by atoms with van der Waals surface area (Å²) in [5, 5.41) is 3.78. The molecule has 0 radical (unpaired) electrons. The van der Waals surface area contributed by atoms with Gasteiger partial charge in [0.1, 0.15) is 12.4 Å². The zero-order valence-electron chi connectivity index (χ0n) is 15.8. The van der Waals surface area contributed by atoms with Crippen LogP contribution in [0.15, 0.2) is 36.4 Å². The number of nitrogens with one attached hydrogen (secondary N) is 1. The lowest BCUT2D eigenvalue weighted by Crippen LogP contribution is -2.24. The van der Waals surface area contributed by atoms with E-state index < -0.39 is 0 Å². The third-order valence-corrected chi connectivity index (χ3v) is 6.11. The largest absolute Gasteiger partial charge is 0.492 e. The highest BCUT2D eigenvalue weighted by Crippen LogP contribution is 2.32. The van der Waals surface area contributed by atoms with E-state index in [1.54, 1.807) is 18.3 Å². The average Bonchev–Trinajstić information content (AvgIpc) is 2.98. The summed E-state index contributed by atoms with van der Waals surface area (Å²) in [5.74, 6) is 0.993. The number of ether oxygens (including phenoxy) is 1. The lowest BCUT2D eigenvalue weighted by Gasteiger charge is -2.19. The van der Waals surface area contributed by atoms with Gasteiger partial charge in [-0.2, -0.15) is 0 Å². The predicted molar refractivity (Wildman–Crippen MR) is 111 cm³/mol. The summed E-state index contributed by atoms with van der Waals surface area (Å²) in [4.78, 5) is 14.9. The van der Waals surface area contributed by atoms with Crippen molar-refractivity contribution in [1.82, 2.24) is 4.90 Å². The summed E-state index contributed by atoms with van der Waals surface area (Å²) >= 11 is 1.65. The van der Waals surface area contributed by atoms with Crippen LogP contribution in [0, 0.1) is 0 Å². The molecule has 2 heterocycles. The highest BCUT2D eigenvalue weighted by Gasteiger charge is 2.18. The highest BCUT2D eigenvalue weighted by molar-refractivity contribution is 7.16. The Bertz CT molecular complexity index is 856. The molecule has 0 saturated heterocycles. The molecule has 1 aliphatic carbocycles. The number of hydrogen-bond donors (Lipinski definition) is 1. The van der Waals surface area contributed by atoms with Gasteiger partial charge in [0.25, 0.3) is 0 Å². The van der Waals surface area contributed by atoms with E-state index in [0.717, 1.165) is 30.4 Å². The molecule has 5 heteroatoms. The van der Waals surface area contributed by atoms with Crippen LogP contribution < -0.4 is 10.1 Å². The fourth-order valence-corrected chi connectivity index (χ4v) is 4.80. The standard InChI is InChI=1S/C22H26N2O2S/c1-16(25)23-22-10-8-20(27-22)15-24-11-12-26-21-9-7-18(13-19(21)14-24)17-5-3-2-4-6-17/h5,7-10,13H,2-4,6,11-12,14-15H2,1H3,(H,23,25). The Labute approximate surface area is 164 Å². The first kappa shape index (κ1) is 18.3. The summed E-state index contributed by atoms with van der Waals surface area (Å²) in [6.45, 7) is 4.92. The Morgan fingerprint density at radius 2 is 2.19 bits per heavy atom.